The molecule has 0 spiro atoms. The van der Waals surface area contributed by atoms with Crippen molar-refractivity contribution >= 4 is 26.2 Å². The Labute approximate surface area is 151 Å². The fraction of sp³-hybridized carbons (Fsp3) is 0.357. The zero-order valence-electron chi connectivity index (χ0n) is 13.8. The lowest BCUT2D eigenvalue weighted by Gasteiger charge is -2.09. The van der Waals surface area contributed by atoms with E-state index in [-0.39, 0.29) is 23.8 Å². The molecule has 0 amide bonds. The summed E-state index contributed by atoms with van der Waals surface area (Å²) in [4.78, 5) is 11.1. The van der Waals surface area contributed by atoms with E-state index in [4.69, 9.17) is 10.3 Å². The first-order chi connectivity index (χ1) is 12.0. The van der Waals surface area contributed by atoms with E-state index in [0.717, 1.165) is 31.0 Å². The molecule has 1 aromatic carbocycles. The average Bonchev–Trinajstić information content (AvgIpc) is 2.50. The second-order valence-electron chi connectivity index (χ2n) is 5.53. The first kappa shape index (κ1) is 20.2. The van der Waals surface area contributed by atoms with Gasteiger partial charge >= 0.3 is 0 Å². The van der Waals surface area contributed by atoms with Gasteiger partial charge in [-0.2, -0.15) is 26.8 Å². The number of nitrogens with zero attached hydrogens (tertiary/aromatic N) is 3. The van der Waals surface area contributed by atoms with Crippen LogP contribution in [0.3, 0.4) is 0 Å². The number of unbranched alkanes of at least 4 members (excludes halogenated alkanes) is 1. The summed E-state index contributed by atoms with van der Waals surface area (Å²) in [5, 5.41) is 0. The summed E-state index contributed by atoms with van der Waals surface area (Å²) in [6, 6.07) is 2.69. The average molecular weight is 402 g/mol. The Morgan fingerprint density at radius 2 is 1.65 bits per heavy atom. The zero-order chi connectivity index (χ0) is 19.5. The molecule has 0 bridgehead atoms. The van der Waals surface area contributed by atoms with Crippen molar-refractivity contribution in [2.45, 2.75) is 42.4 Å². The van der Waals surface area contributed by atoms with Gasteiger partial charge in [-0.25, -0.2) is 4.98 Å². The lowest BCUT2D eigenvalue weighted by Crippen LogP contribution is -2.11. The summed E-state index contributed by atoms with van der Waals surface area (Å²) in [6.07, 6.45) is 2.04. The summed E-state index contributed by atoms with van der Waals surface area (Å²) >= 11 is 0. The molecule has 0 fully saturated rings. The minimum absolute atomic E-state index is 0.0551. The number of hydrogen-bond donors (Lipinski definition) is 3. The number of rotatable bonds is 7. The van der Waals surface area contributed by atoms with Crippen LogP contribution in [0.1, 0.15) is 37.0 Å². The zero-order valence-corrected chi connectivity index (χ0v) is 15.5. The van der Waals surface area contributed by atoms with Crippen LogP contribution in [0.4, 0.5) is 5.95 Å². The topological polar surface area (TPSA) is 173 Å². The molecule has 0 aliphatic rings. The second kappa shape index (κ2) is 7.61. The van der Waals surface area contributed by atoms with Crippen molar-refractivity contribution in [2.75, 3.05) is 5.73 Å². The van der Waals surface area contributed by atoms with Gasteiger partial charge in [0.05, 0.1) is 9.79 Å². The molecular formula is C14H18N4O6S2. The number of nitrogen functional groups attached to an aromatic ring is 1. The highest BCUT2D eigenvalue weighted by atomic mass is 32.2. The van der Waals surface area contributed by atoms with Crippen LogP contribution in [-0.2, 0) is 33.1 Å². The Kier molecular flexibility index (Phi) is 5.91. The van der Waals surface area contributed by atoms with Gasteiger partial charge in [-0.15, -0.1) is 0 Å². The largest absolute Gasteiger partial charge is 0.368 e. The third-order valence-corrected chi connectivity index (χ3v) is 5.26. The van der Waals surface area contributed by atoms with Crippen LogP contribution in [0.25, 0.3) is 0 Å². The van der Waals surface area contributed by atoms with E-state index in [9.17, 15) is 21.4 Å². The molecule has 1 aromatic heterocycles. The predicted octanol–water partition coefficient (Wildman–Crippen LogP) is 0.881. The number of nitrogens with two attached hydrogens (primary N) is 1. The summed E-state index contributed by atoms with van der Waals surface area (Å²) < 4.78 is 64.2. The highest BCUT2D eigenvalue weighted by molar-refractivity contribution is 7.86. The molecule has 0 saturated carbocycles. The fourth-order valence-electron chi connectivity index (χ4n) is 2.29. The van der Waals surface area contributed by atoms with Gasteiger partial charge < -0.3 is 5.73 Å². The highest BCUT2D eigenvalue weighted by Gasteiger charge is 2.21. The van der Waals surface area contributed by atoms with E-state index in [2.05, 4.69) is 15.0 Å². The van der Waals surface area contributed by atoms with E-state index in [1.807, 2.05) is 6.92 Å². The van der Waals surface area contributed by atoms with Gasteiger partial charge in [-0.05, 0) is 30.2 Å². The molecule has 0 aliphatic carbocycles. The van der Waals surface area contributed by atoms with Gasteiger partial charge in [0.1, 0.15) is 11.6 Å². The van der Waals surface area contributed by atoms with Crippen molar-refractivity contribution in [1.29, 1.82) is 0 Å². The van der Waals surface area contributed by atoms with Crippen LogP contribution in [0.15, 0.2) is 28.0 Å². The lowest BCUT2D eigenvalue weighted by atomic mass is 10.1. The Morgan fingerprint density at radius 1 is 1.00 bits per heavy atom. The molecule has 1 heterocycles. The van der Waals surface area contributed by atoms with Gasteiger partial charge in [0, 0.05) is 12.8 Å². The smallest absolute Gasteiger partial charge is 0.294 e. The molecule has 12 heteroatoms. The Balaban J connectivity index is 2.52. The van der Waals surface area contributed by atoms with Crippen molar-refractivity contribution in [1.82, 2.24) is 15.0 Å². The molecular weight excluding hydrogens is 384 g/mol. The maximum atomic E-state index is 11.5. The van der Waals surface area contributed by atoms with Crippen LogP contribution in [0, 0.1) is 0 Å². The van der Waals surface area contributed by atoms with Crippen LogP contribution in [0.5, 0.6) is 0 Å². The molecule has 2 aromatic rings. The molecule has 0 aliphatic heterocycles. The Bertz CT molecular complexity index is 1020. The molecule has 0 saturated heterocycles. The van der Waals surface area contributed by atoms with E-state index >= 15 is 0 Å². The quantitative estimate of drug-likeness (QED) is 0.564. The SMILES string of the molecule is CCCCc1nc(N)nc(Cc2cc(S(=O)(=O)O)ccc2S(=O)(=O)O)n1. The summed E-state index contributed by atoms with van der Waals surface area (Å²) in [6.45, 7) is 1.99. The highest BCUT2D eigenvalue weighted by Crippen LogP contribution is 2.22. The molecule has 0 atom stereocenters. The predicted molar refractivity (Wildman–Crippen MR) is 91.7 cm³/mol. The maximum Gasteiger partial charge on any atom is 0.294 e. The number of hydrogen-bond acceptors (Lipinski definition) is 8. The van der Waals surface area contributed by atoms with Crippen molar-refractivity contribution in [3.8, 4) is 0 Å². The monoisotopic (exact) mass is 402 g/mol. The standard InChI is InChI=1S/C14H18N4O6S2/c1-2-3-4-12-16-13(18-14(15)17-12)8-9-7-10(25(19,20)21)5-6-11(9)26(22,23)24/h5-7H,2-4,8H2,1H3,(H,19,20,21)(H,22,23,24)(H2,15,16,17,18). The minimum atomic E-state index is -4.63. The van der Waals surface area contributed by atoms with Crippen LogP contribution < -0.4 is 5.73 Å². The normalized spacial score (nSPS) is 12.3. The third-order valence-electron chi connectivity index (χ3n) is 3.46. The number of aromatic nitrogens is 3. The summed E-state index contributed by atoms with van der Waals surface area (Å²) in [5.41, 5.74) is 5.54. The van der Waals surface area contributed by atoms with E-state index < -0.39 is 30.0 Å². The lowest BCUT2D eigenvalue weighted by molar-refractivity contribution is 0.477. The van der Waals surface area contributed by atoms with Gasteiger partial charge in [-0.1, -0.05) is 13.3 Å². The van der Waals surface area contributed by atoms with E-state index in [0.29, 0.717) is 12.2 Å². The second-order valence-corrected chi connectivity index (χ2v) is 8.34. The molecule has 0 radical (unpaired) electrons. The van der Waals surface area contributed by atoms with Crippen LogP contribution in [0.2, 0.25) is 0 Å². The Morgan fingerprint density at radius 3 is 2.23 bits per heavy atom. The molecule has 10 nitrogen and oxygen atoms in total. The number of anilines is 1. The van der Waals surface area contributed by atoms with Gasteiger partial charge in [0.15, 0.2) is 0 Å². The summed E-state index contributed by atoms with van der Waals surface area (Å²) in [5.74, 6) is 0.482. The van der Waals surface area contributed by atoms with Crippen LogP contribution in [-0.4, -0.2) is 40.9 Å². The van der Waals surface area contributed by atoms with Gasteiger partial charge in [-0.3, -0.25) is 9.11 Å². The molecule has 4 N–H and O–H groups in total. The number of aryl methyl sites for hydroxylation is 1. The molecule has 142 valence electrons. The molecule has 0 unspecified atom stereocenters. The van der Waals surface area contributed by atoms with Crippen molar-refractivity contribution in [2.24, 2.45) is 0 Å². The first-order valence-corrected chi connectivity index (χ1v) is 10.5. The Hall–Kier alpha value is -2.15. The minimum Gasteiger partial charge on any atom is -0.368 e. The summed E-state index contributed by atoms with van der Waals surface area (Å²) in [7, 11) is -9.19. The van der Waals surface area contributed by atoms with Crippen molar-refractivity contribution in [3.05, 3.63) is 35.4 Å². The third kappa shape index (κ3) is 5.17. The van der Waals surface area contributed by atoms with E-state index in [1.165, 1.54) is 0 Å². The fourth-order valence-corrected chi connectivity index (χ4v) is 3.52. The first-order valence-electron chi connectivity index (χ1n) is 7.58. The van der Waals surface area contributed by atoms with E-state index in [1.54, 1.807) is 0 Å². The van der Waals surface area contributed by atoms with Crippen molar-refractivity contribution < 1.29 is 25.9 Å². The van der Waals surface area contributed by atoms with Gasteiger partial charge in [0.25, 0.3) is 20.2 Å². The number of benzene rings is 1. The molecule has 26 heavy (non-hydrogen) atoms. The van der Waals surface area contributed by atoms with Crippen molar-refractivity contribution in [3.63, 3.8) is 0 Å². The van der Waals surface area contributed by atoms with Gasteiger partial charge in [0.2, 0.25) is 5.95 Å². The van der Waals surface area contributed by atoms with Crippen LogP contribution >= 0.6 is 0 Å². The molecule has 2 rings (SSSR count). The maximum absolute atomic E-state index is 11.5.